The van der Waals surface area contributed by atoms with Gasteiger partial charge in [0, 0.05) is 12.1 Å². The molecule has 2 heterocycles. The number of rotatable bonds is 3. The van der Waals surface area contributed by atoms with Gasteiger partial charge in [-0.3, -0.25) is 9.59 Å². The zero-order valence-electron chi connectivity index (χ0n) is 13.4. The van der Waals surface area contributed by atoms with Gasteiger partial charge in [0.05, 0.1) is 5.69 Å². The third kappa shape index (κ3) is 4.01. The van der Waals surface area contributed by atoms with Crippen molar-refractivity contribution in [2.45, 2.75) is 19.4 Å². The molecule has 1 saturated heterocycles. The van der Waals surface area contributed by atoms with Gasteiger partial charge in [-0.15, -0.1) is 12.4 Å². The molecule has 0 aliphatic carbocycles. The third-order valence-corrected chi connectivity index (χ3v) is 4.14. The van der Waals surface area contributed by atoms with Crippen LogP contribution in [0.2, 0.25) is 0 Å². The Morgan fingerprint density at radius 3 is 2.71 bits per heavy atom. The van der Waals surface area contributed by atoms with Gasteiger partial charge in [-0.05, 0) is 43.6 Å². The Morgan fingerprint density at radius 2 is 2.00 bits per heavy atom. The summed E-state index contributed by atoms with van der Waals surface area (Å²) in [5.74, 6) is 0.126. The summed E-state index contributed by atoms with van der Waals surface area (Å²) in [5, 5.41) is 10.5. The van der Waals surface area contributed by atoms with Gasteiger partial charge in [-0.1, -0.05) is 25.1 Å². The van der Waals surface area contributed by atoms with Crippen LogP contribution in [0.3, 0.4) is 0 Å². The standard InChI is InChI=1S/C17H20N4O2.ClH/c1-12-11-18-10-9-14(12)19-17(23)15-7-8-16(22)21(20-15)13-5-3-2-4-6-13;/h2-8,12,14,18H,9-11H2,1H3,(H,19,23);1H. The van der Waals surface area contributed by atoms with E-state index in [9.17, 15) is 9.59 Å². The number of para-hydroxylation sites is 1. The first-order valence-corrected chi connectivity index (χ1v) is 7.82. The molecule has 0 spiro atoms. The fourth-order valence-electron chi connectivity index (χ4n) is 2.76. The Bertz CT molecular complexity index is 748. The van der Waals surface area contributed by atoms with Gasteiger partial charge in [-0.25, -0.2) is 0 Å². The van der Waals surface area contributed by atoms with Crippen molar-refractivity contribution >= 4 is 18.3 Å². The molecule has 1 aromatic carbocycles. The van der Waals surface area contributed by atoms with E-state index in [1.165, 1.54) is 16.8 Å². The highest BCUT2D eigenvalue weighted by molar-refractivity contribution is 5.92. The van der Waals surface area contributed by atoms with Gasteiger partial charge in [0.25, 0.3) is 11.5 Å². The lowest BCUT2D eigenvalue weighted by molar-refractivity contribution is 0.0907. The number of piperidine rings is 1. The van der Waals surface area contributed by atoms with Crippen LogP contribution in [0.25, 0.3) is 5.69 Å². The fraction of sp³-hybridized carbons (Fsp3) is 0.353. The Morgan fingerprint density at radius 1 is 1.25 bits per heavy atom. The topological polar surface area (TPSA) is 76.0 Å². The van der Waals surface area contributed by atoms with Gasteiger partial charge in [-0.2, -0.15) is 9.78 Å². The summed E-state index contributed by atoms with van der Waals surface area (Å²) in [6.07, 6.45) is 0.894. The van der Waals surface area contributed by atoms with Crippen molar-refractivity contribution < 1.29 is 4.79 Å². The highest BCUT2D eigenvalue weighted by Gasteiger charge is 2.23. The van der Waals surface area contributed by atoms with Gasteiger partial charge in [0.2, 0.25) is 0 Å². The lowest BCUT2D eigenvalue weighted by Gasteiger charge is -2.30. The molecule has 1 amide bonds. The first-order chi connectivity index (χ1) is 11.1. The van der Waals surface area contributed by atoms with E-state index in [1.807, 2.05) is 18.2 Å². The number of nitrogens with one attached hydrogen (secondary N) is 2. The minimum atomic E-state index is -0.261. The lowest BCUT2D eigenvalue weighted by Crippen LogP contribution is -2.48. The van der Waals surface area contributed by atoms with E-state index in [0.717, 1.165) is 19.5 Å². The molecule has 1 aliphatic rings. The predicted octanol–water partition coefficient (Wildman–Crippen LogP) is 1.38. The second-order valence-corrected chi connectivity index (χ2v) is 5.85. The summed E-state index contributed by atoms with van der Waals surface area (Å²) >= 11 is 0. The number of hydrogen-bond donors (Lipinski definition) is 2. The van der Waals surface area contributed by atoms with Crippen LogP contribution in [0.4, 0.5) is 0 Å². The summed E-state index contributed by atoms with van der Waals surface area (Å²) in [6, 6.07) is 12.1. The van der Waals surface area contributed by atoms with E-state index in [-0.39, 0.29) is 35.6 Å². The zero-order valence-corrected chi connectivity index (χ0v) is 14.3. The van der Waals surface area contributed by atoms with Crippen LogP contribution >= 0.6 is 12.4 Å². The molecule has 2 unspecified atom stereocenters. The van der Waals surface area contributed by atoms with E-state index in [2.05, 4.69) is 22.7 Å². The molecule has 24 heavy (non-hydrogen) atoms. The maximum Gasteiger partial charge on any atom is 0.271 e. The Balaban J connectivity index is 0.00000208. The number of benzene rings is 1. The summed E-state index contributed by atoms with van der Waals surface area (Å²) < 4.78 is 1.25. The van der Waals surface area contributed by atoms with Crippen molar-refractivity contribution in [3.8, 4) is 5.69 Å². The minimum Gasteiger partial charge on any atom is -0.348 e. The average Bonchev–Trinajstić information content (AvgIpc) is 2.58. The van der Waals surface area contributed by atoms with Gasteiger partial charge >= 0.3 is 0 Å². The quantitative estimate of drug-likeness (QED) is 0.878. The van der Waals surface area contributed by atoms with Crippen molar-refractivity contribution in [2.75, 3.05) is 13.1 Å². The molecular weight excluding hydrogens is 328 g/mol. The normalized spacial score (nSPS) is 20.0. The first-order valence-electron chi connectivity index (χ1n) is 7.82. The molecule has 7 heteroatoms. The molecule has 0 saturated carbocycles. The first kappa shape index (κ1) is 18.2. The highest BCUT2D eigenvalue weighted by atomic mass is 35.5. The highest BCUT2D eigenvalue weighted by Crippen LogP contribution is 2.11. The molecule has 2 aromatic rings. The molecule has 1 fully saturated rings. The molecule has 1 aromatic heterocycles. The largest absolute Gasteiger partial charge is 0.348 e. The SMILES string of the molecule is CC1CNCCC1NC(=O)c1ccc(=O)n(-c2ccccc2)n1.Cl. The number of halogens is 1. The molecule has 6 nitrogen and oxygen atoms in total. The van der Waals surface area contributed by atoms with Crippen molar-refractivity contribution in [3.63, 3.8) is 0 Å². The average molecular weight is 349 g/mol. The maximum absolute atomic E-state index is 12.4. The summed E-state index contributed by atoms with van der Waals surface area (Å²) in [6.45, 7) is 3.89. The lowest BCUT2D eigenvalue weighted by atomic mass is 9.95. The van der Waals surface area contributed by atoms with E-state index < -0.39 is 0 Å². The zero-order chi connectivity index (χ0) is 16.2. The molecule has 2 N–H and O–H groups in total. The van der Waals surface area contributed by atoms with E-state index in [0.29, 0.717) is 11.6 Å². The Kier molecular flexibility index (Phi) is 6.11. The summed E-state index contributed by atoms with van der Waals surface area (Å²) in [7, 11) is 0. The van der Waals surface area contributed by atoms with Gasteiger partial charge in [0.15, 0.2) is 0 Å². The molecule has 1 aliphatic heterocycles. The second kappa shape index (κ2) is 8.08. The second-order valence-electron chi connectivity index (χ2n) is 5.85. The monoisotopic (exact) mass is 348 g/mol. The van der Waals surface area contributed by atoms with Crippen LogP contribution in [0, 0.1) is 5.92 Å². The van der Waals surface area contributed by atoms with E-state index in [4.69, 9.17) is 0 Å². The Labute approximate surface area is 146 Å². The molecule has 0 radical (unpaired) electrons. The van der Waals surface area contributed by atoms with E-state index >= 15 is 0 Å². The fourth-order valence-corrected chi connectivity index (χ4v) is 2.76. The predicted molar refractivity (Wildman–Crippen MR) is 95.0 cm³/mol. The molecular formula is C17H21ClN4O2. The van der Waals surface area contributed by atoms with Gasteiger partial charge in [0.1, 0.15) is 5.69 Å². The van der Waals surface area contributed by atoms with Crippen LogP contribution in [-0.4, -0.2) is 34.8 Å². The molecule has 0 bridgehead atoms. The number of aromatic nitrogens is 2. The molecule has 3 rings (SSSR count). The van der Waals surface area contributed by atoms with Crippen LogP contribution < -0.4 is 16.2 Å². The smallest absolute Gasteiger partial charge is 0.271 e. The van der Waals surface area contributed by atoms with Crippen LogP contribution in [0.1, 0.15) is 23.8 Å². The molecule has 128 valence electrons. The van der Waals surface area contributed by atoms with Crippen molar-refractivity contribution in [2.24, 2.45) is 5.92 Å². The van der Waals surface area contributed by atoms with Crippen LogP contribution in [0.15, 0.2) is 47.3 Å². The van der Waals surface area contributed by atoms with E-state index in [1.54, 1.807) is 12.1 Å². The van der Waals surface area contributed by atoms with Crippen molar-refractivity contribution in [1.82, 2.24) is 20.4 Å². The number of carbonyl (C=O) groups is 1. The number of nitrogens with zero attached hydrogens (tertiary/aromatic N) is 2. The van der Waals surface area contributed by atoms with Crippen molar-refractivity contribution in [1.29, 1.82) is 0 Å². The number of amides is 1. The summed E-state index contributed by atoms with van der Waals surface area (Å²) in [5.41, 5.74) is 0.629. The van der Waals surface area contributed by atoms with Crippen molar-refractivity contribution in [3.05, 3.63) is 58.5 Å². The minimum absolute atomic E-state index is 0. The van der Waals surface area contributed by atoms with Crippen LogP contribution in [0.5, 0.6) is 0 Å². The summed E-state index contributed by atoms with van der Waals surface area (Å²) in [4.78, 5) is 24.4. The van der Waals surface area contributed by atoms with Crippen LogP contribution in [-0.2, 0) is 0 Å². The number of carbonyl (C=O) groups excluding carboxylic acids is 1. The number of hydrogen-bond acceptors (Lipinski definition) is 4. The Hall–Kier alpha value is -2.18. The van der Waals surface area contributed by atoms with Gasteiger partial charge < -0.3 is 10.6 Å². The maximum atomic E-state index is 12.4. The molecule has 2 atom stereocenters. The third-order valence-electron chi connectivity index (χ3n) is 4.14.